The van der Waals surface area contributed by atoms with Crippen molar-refractivity contribution in [3.63, 3.8) is 0 Å². The highest BCUT2D eigenvalue weighted by Crippen LogP contribution is 2.48. The van der Waals surface area contributed by atoms with Crippen LogP contribution in [0.4, 0.5) is 5.69 Å². The van der Waals surface area contributed by atoms with Gasteiger partial charge in [-0.3, -0.25) is 0 Å². The minimum absolute atomic E-state index is 0.343. The van der Waals surface area contributed by atoms with E-state index in [0.29, 0.717) is 11.3 Å². The lowest BCUT2D eigenvalue weighted by Gasteiger charge is -2.20. The third-order valence-electron chi connectivity index (χ3n) is 11.6. The molecule has 10 aromatic rings. The van der Waals surface area contributed by atoms with Crippen molar-refractivity contribution in [2.24, 2.45) is 5.92 Å². The Balaban J connectivity index is 1.03. The molecule has 1 aliphatic heterocycles. The molecule has 3 heterocycles. The number of hydrogen-bond donors (Lipinski definition) is 1. The first kappa shape index (κ1) is 29.4. The molecule has 0 bridgehead atoms. The van der Waals surface area contributed by atoms with E-state index in [2.05, 4.69) is 184 Å². The van der Waals surface area contributed by atoms with Gasteiger partial charge >= 0.3 is 0 Å². The van der Waals surface area contributed by atoms with E-state index in [1.165, 1.54) is 97.9 Å². The first-order valence-corrected chi connectivity index (χ1v) is 19.4. The number of aromatic nitrogens is 2. The molecule has 53 heavy (non-hydrogen) atoms. The van der Waals surface area contributed by atoms with Crippen LogP contribution in [0.3, 0.4) is 0 Å². The summed E-state index contributed by atoms with van der Waals surface area (Å²) in [6.07, 6.45) is 10.1. The van der Waals surface area contributed by atoms with Crippen LogP contribution in [-0.2, 0) is 0 Å². The van der Waals surface area contributed by atoms with Crippen molar-refractivity contribution < 1.29 is 0 Å². The van der Waals surface area contributed by atoms with Crippen LogP contribution in [0.2, 0.25) is 0 Å². The number of allylic oxidation sites excluding steroid dienone is 3. The molecule has 1 aliphatic carbocycles. The number of anilines is 1. The molecular formula is C49H33N3S. The quantitative estimate of drug-likeness (QED) is 0.186. The maximum absolute atomic E-state index is 3.95. The number of nitrogens with zero attached hydrogens (tertiary/aromatic N) is 2. The molecular weight excluding hydrogens is 663 g/mol. The van der Waals surface area contributed by atoms with E-state index in [4.69, 9.17) is 0 Å². The predicted molar refractivity (Wildman–Crippen MR) is 227 cm³/mol. The van der Waals surface area contributed by atoms with Crippen molar-refractivity contribution in [2.75, 3.05) is 5.32 Å². The summed E-state index contributed by atoms with van der Waals surface area (Å²) in [5, 5.41) is 17.1. The molecule has 2 aliphatic rings. The van der Waals surface area contributed by atoms with Gasteiger partial charge in [-0.1, -0.05) is 127 Å². The molecule has 3 nitrogen and oxygen atoms in total. The molecule has 0 amide bonds. The predicted octanol–water partition coefficient (Wildman–Crippen LogP) is 13.3. The van der Waals surface area contributed by atoms with Crippen LogP contribution in [0.15, 0.2) is 175 Å². The van der Waals surface area contributed by atoms with Gasteiger partial charge in [-0.05, 0) is 87.9 Å². The normalized spacial score (nSPS) is 16.9. The van der Waals surface area contributed by atoms with Gasteiger partial charge in [0.1, 0.15) is 0 Å². The van der Waals surface area contributed by atoms with Crippen molar-refractivity contribution in [1.82, 2.24) is 9.13 Å². The van der Waals surface area contributed by atoms with Gasteiger partial charge in [-0.25, -0.2) is 0 Å². The van der Waals surface area contributed by atoms with Crippen LogP contribution < -0.4 is 5.32 Å². The Morgan fingerprint density at radius 1 is 0.491 bits per heavy atom. The van der Waals surface area contributed by atoms with E-state index in [9.17, 15) is 0 Å². The van der Waals surface area contributed by atoms with E-state index in [1.807, 2.05) is 11.8 Å². The van der Waals surface area contributed by atoms with E-state index in [-0.39, 0.29) is 0 Å². The maximum Gasteiger partial charge on any atom is 0.0836 e. The zero-order valence-corrected chi connectivity index (χ0v) is 29.6. The van der Waals surface area contributed by atoms with Gasteiger partial charge in [0.2, 0.25) is 0 Å². The molecule has 0 radical (unpaired) electrons. The fourth-order valence-corrected chi connectivity index (χ4v) is 10.5. The number of para-hydroxylation sites is 2. The van der Waals surface area contributed by atoms with Gasteiger partial charge < -0.3 is 14.5 Å². The number of nitrogens with one attached hydrogen (secondary N) is 1. The Morgan fingerprint density at radius 3 is 2.04 bits per heavy atom. The van der Waals surface area contributed by atoms with Gasteiger partial charge in [0.15, 0.2) is 0 Å². The third-order valence-corrected chi connectivity index (χ3v) is 12.9. The fraction of sp³-hybridized carbons (Fsp3) is 0.0612. The number of rotatable bonds is 3. The Morgan fingerprint density at radius 2 is 1.15 bits per heavy atom. The van der Waals surface area contributed by atoms with Crippen LogP contribution >= 0.6 is 11.8 Å². The summed E-state index contributed by atoms with van der Waals surface area (Å²) < 4.78 is 4.89. The molecule has 8 aromatic carbocycles. The average Bonchev–Trinajstić information content (AvgIpc) is 3.91. The summed E-state index contributed by atoms with van der Waals surface area (Å²) in [4.78, 5) is 1.34. The molecule has 2 atom stereocenters. The topological polar surface area (TPSA) is 21.9 Å². The molecule has 1 N–H and O–H groups in total. The summed E-state index contributed by atoms with van der Waals surface area (Å²) in [6.45, 7) is 0. The highest BCUT2D eigenvalue weighted by molar-refractivity contribution is 8.00. The second-order valence-electron chi connectivity index (χ2n) is 14.5. The van der Waals surface area contributed by atoms with Crippen LogP contribution in [0.5, 0.6) is 0 Å². The summed E-state index contributed by atoms with van der Waals surface area (Å²) in [5.41, 5.74) is 8.49. The van der Waals surface area contributed by atoms with E-state index in [0.717, 1.165) is 6.42 Å². The smallest absolute Gasteiger partial charge is 0.0836 e. The Bertz CT molecular complexity index is 3230. The molecule has 0 spiro atoms. The Labute approximate surface area is 310 Å². The van der Waals surface area contributed by atoms with Crippen molar-refractivity contribution in [2.45, 2.75) is 16.7 Å². The molecule has 0 saturated heterocycles. The maximum atomic E-state index is 3.95. The summed E-state index contributed by atoms with van der Waals surface area (Å²) in [5.74, 6) is 0.486. The zero-order valence-electron chi connectivity index (χ0n) is 28.8. The second-order valence-corrected chi connectivity index (χ2v) is 15.7. The highest BCUT2D eigenvalue weighted by Gasteiger charge is 2.29. The first-order valence-electron chi connectivity index (χ1n) is 18.5. The lowest BCUT2D eigenvalue weighted by atomic mass is 9.98. The van der Waals surface area contributed by atoms with Gasteiger partial charge in [0.05, 0.1) is 33.1 Å². The zero-order chi connectivity index (χ0) is 34.6. The molecule has 2 aromatic heterocycles. The summed E-state index contributed by atoms with van der Waals surface area (Å²) >= 11 is 1.97. The largest absolute Gasteiger partial charge is 0.371 e. The fourth-order valence-electron chi connectivity index (χ4n) is 9.23. The number of thioether (sulfide) groups is 1. The van der Waals surface area contributed by atoms with Crippen molar-refractivity contribution in [1.29, 1.82) is 0 Å². The van der Waals surface area contributed by atoms with E-state index >= 15 is 0 Å². The lowest BCUT2D eigenvalue weighted by Crippen LogP contribution is -2.21. The van der Waals surface area contributed by atoms with E-state index < -0.39 is 0 Å². The Kier molecular flexibility index (Phi) is 6.17. The molecule has 12 rings (SSSR count). The minimum Gasteiger partial charge on any atom is -0.371 e. The highest BCUT2D eigenvalue weighted by atomic mass is 32.2. The Hall–Kier alpha value is -6.23. The van der Waals surface area contributed by atoms with Crippen LogP contribution in [0.1, 0.15) is 6.42 Å². The molecule has 2 unspecified atom stereocenters. The van der Waals surface area contributed by atoms with Gasteiger partial charge in [0, 0.05) is 49.1 Å². The van der Waals surface area contributed by atoms with Gasteiger partial charge in [-0.2, -0.15) is 0 Å². The first-order chi connectivity index (χ1) is 26.3. The van der Waals surface area contributed by atoms with Gasteiger partial charge in [-0.15, -0.1) is 0 Å². The number of hydrogen-bond acceptors (Lipinski definition) is 2. The number of fused-ring (bicyclic) bond motifs is 13. The summed E-state index contributed by atoms with van der Waals surface area (Å²) in [6, 6.07) is 54.2. The second kappa shape index (κ2) is 11.1. The molecule has 0 saturated carbocycles. The lowest BCUT2D eigenvalue weighted by molar-refractivity contribution is 0.662. The SMILES string of the molecule is C1=CCC(C2Nc3c(ccc4ccc5cc(-n6c7ccccc7c7cc(-n8c9ccccc9c9c%10ccccc%10ccc98)ccc76)ccc5c34)S2)C=C1. The standard InChI is InChI=1S/C49H33N3S/c1-2-11-32(12-3-1)49-50-48-45(53-49)27-21-31-18-19-33-28-34(22-24-37(33)46(31)48)51-41-16-8-6-14-38(41)40-29-35(23-26-43(40)51)52-42-17-9-7-15-39(42)47-36-13-5-4-10-30(36)20-25-44(47)52/h1-11,13-29,32,49-50H,12H2. The molecule has 4 heteroatoms. The van der Waals surface area contributed by atoms with Crippen LogP contribution in [-0.4, -0.2) is 14.5 Å². The average molecular weight is 696 g/mol. The minimum atomic E-state index is 0.343. The molecule has 250 valence electrons. The summed E-state index contributed by atoms with van der Waals surface area (Å²) in [7, 11) is 0. The van der Waals surface area contributed by atoms with Gasteiger partial charge in [0.25, 0.3) is 0 Å². The third kappa shape index (κ3) is 4.24. The monoisotopic (exact) mass is 695 g/mol. The van der Waals surface area contributed by atoms with E-state index in [1.54, 1.807) is 0 Å². The number of benzene rings is 8. The van der Waals surface area contributed by atoms with Crippen molar-refractivity contribution in [3.8, 4) is 11.4 Å². The van der Waals surface area contributed by atoms with Crippen LogP contribution in [0.25, 0.3) is 87.3 Å². The van der Waals surface area contributed by atoms with Crippen molar-refractivity contribution >= 4 is 93.4 Å². The van der Waals surface area contributed by atoms with Crippen molar-refractivity contribution in [3.05, 3.63) is 170 Å². The molecule has 0 fully saturated rings. The van der Waals surface area contributed by atoms with Crippen LogP contribution in [0, 0.1) is 5.92 Å².